The number of hydrogen-bond donors (Lipinski definition) is 3. The van der Waals surface area contributed by atoms with Crippen molar-refractivity contribution in [3.05, 3.63) is 70.8 Å². The van der Waals surface area contributed by atoms with Gasteiger partial charge in [0.05, 0.1) is 0 Å². The van der Waals surface area contributed by atoms with Gasteiger partial charge >= 0.3 is 0 Å². The molecule has 146 valence electrons. The molecule has 0 aliphatic carbocycles. The van der Waals surface area contributed by atoms with E-state index in [0.717, 1.165) is 22.3 Å². The fourth-order valence-electron chi connectivity index (χ4n) is 2.36. The van der Waals surface area contributed by atoms with E-state index in [4.69, 9.17) is 17.0 Å². The molecule has 0 bridgehead atoms. The summed E-state index contributed by atoms with van der Waals surface area (Å²) in [6.45, 7) is 5.72. The second kappa shape index (κ2) is 10.2. The summed E-state index contributed by atoms with van der Waals surface area (Å²) in [4.78, 5) is 23.7. The fourth-order valence-corrected chi connectivity index (χ4v) is 2.51. The molecule has 0 aromatic heterocycles. The van der Waals surface area contributed by atoms with Gasteiger partial charge in [-0.3, -0.25) is 25.8 Å². The van der Waals surface area contributed by atoms with Crippen LogP contribution in [0.1, 0.15) is 22.3 Å². The van der Waals surface area contributed by atoms with Crippen molar-refractivity contribution in [2.75, 3.05) is 6.61 Å². The zero-order valence-electron chi connectivity index (χ0n) is 16.0. The summed E-state index contributed by atoms with van der Waals surface area (Å²) in [6, 6.07) is 13.4. The summed E-state index contributed by atoms with van der Waals surface area (Å²) >= 11 is 4.98. The van der Waals surface area contributed by atoms with E-state index in [-0.39, 0.29) is 11.7 Å². The minimum atomic E-state index is -0.425. The number of carbonyl (C=O) groups excluding carboxylic acids is 2. The van der Waals surface area contributed by atoms with Crippen LogP contribution in [0.2, 0.25) is 0 Å². The maximum absolute atomic E-state index is 11.9. The van der Waals surface area contributed by atoms with Crippen molar-refractivity contribution in [3.8, 4) is 5.75 Å². The fraction of sp³-hybridized carbons (Fsp3) is 0.190. The minimum Gasteiger partial charge on any atom is -0.484 e. The zero-order chi connectivity index (χ0) is 20.5. The van der Waals surface area contributed by atoms with Gasteiger partial charge in [-0.2, -0.15) is 0 Å². The average molecular weight is 398 g/mol. The van der Waals surface area contributed by atoms with E-state index in [0.29, 0.717) is 5.75 Å². The van der Waals surface area contributed by atoms with Gasteiger partial charge in [-0.1, -0.05) is 35.9 Å². The Morgan fingerprint density at radius 3 is 2.25 bits per heavy atom. The summed E-state index contributed by atoms with van der Waals surface area (Å²) in [7, 11) is 0. The minimum absolute atomic E-state index is 0.0155. The van der Waals surface area contributed by atoms with E-state index in [2.05, 4.69) is 16.2 Å². The molecule has 2 aromatic carbocycles. The number of nitrogens with one attached hydrogen (secondary N) is 3. The van der Waals surface area contributed by atoms with Crippen molar-refractivity contribution in [3.63, 3.8) is 0 Å². The van der Waals surface area contributed by atoms with E-state index in [1.165, 1.54) is 6.08 Å². The second-order valence-corrected chi connectivity index (χ2v) is 6.76. The Morgan fingerprint density at radius 1 is 0.964 bits per heavy atom. The molecule has 0 aliphatic rings. The Morgan fingerprint density at radius 2 is 1.61 bits per heavy atom. The molecule has 0 fully saturated rings. The SMILES string of the molecule is Cc1ccc(/C=C/C(=O)NC(=S)NNC(=O)COc2cc(C)cc(C)c2)cc1. The highest BCUT2D eigenvalue weighted by molar-refractivity contribution is 7.80. The lowest BCUT2D eigenvalue weighted by Crippen LogP contribution is -2.49. The van der Waals surface area contributed by atoms with Gasteiger partial charge in [-0.05, 0) is 67.9 Å². The van der Waals surface area contributed by atoms with Crippen molar-refractivity contribution in [1.82, 2.24) is 16.2 Å². The molecular formula is C21H23N3O3S. The molecule has 7 heteroatoms. The third-order valence-electron chi connectivity index (χ3n) is 3.62. The van der Waals surface area contributed by atoms with E-state index in [1.807, 2.05) is 63.2 Å². The number of benzene rings is 2. The Kier molecular flexibility index (Phi) is 7.71. The number of hydrazine groups is 1. The van der Waals surface area contributed by atoms with Crippen molar-refractivity contribution in [2.45, 2.75) is 20.8 Å². The Bertz CT molecular complexity index is 872. The van der Waals surface area contributed by atoms with E-state index < -0.39 is 11.8 Å². The highest BCUT2D eigenvalue weighted by Crippen LogP contribution is 2.15. The first kappa shape index (κ1) is 21.1. The predicted molar refractivity (Wildman–Crippen MR) is 114 cm³/mol. The second-order valence-electron chi connectivity index (χ2n) is 6.35. The Balaban J connectivity index is 1.71. The first-order chi connectivity index (χ1) is 13.3. The Labute approximate surface area is 169 Å². The van der Waals surface area contributed by atoms with Crippen LogP contribution >= 0.6 is 12.2 Å². The molecule has 0 radical (unpaired) electrons. The third kappa shape index (κ3) is 7.59. The lowest BCUT2D eigenvalue weighted by molar-refractivity contribution is -0.123. The first-order valence-electron chi connectivity index (χ1n) is 8.67. The van der Waals surface area contributed by atoms with Gasteiger partial charge in [0.1, 0.15) is 5.75 Å². The van der Waals surface area contributed by atoms with Crippen molar-refractivity contribution in [2.24, 2.45) is 0 Å². The van der Waals surface area contributed by atoms with E-state index in [9.17, 15) is 9.59 Å². The summed E-state index contributed by atoms with van der Waals surface area (Å²) < 4.78 is 5.44. The average Bonchev–Trinajstić information content (AvgIpc) is 2.63. The van der Waals surface area contributed by atoms with Gasteiger partial charge < -0.3 is 4.74 Å². The molecule has 6 nitrogen and oxygen atoms in total. The molecule has 2 aromatic rings. The van der Waals surface area contributed by atoms with Crippen LogP contribution in [0.15, 0.2) is 48.5 Å². The smallest absolute Gasteiger partial charge is 0.276 e. The maximum Gasteiger partial charge on any atom is 0.276 e. The van der Waals surface area contributed by atoms with Crippen LogP contribution in [0.5, 0.6) is 5.75 Å². The summed E-state index contributed by atoms with van der Waals surface area (Å²) in [5, 5.41) is 2.43. The predicted octanol–water partition coefficient (Wildman–Crippen LogP) is 2.73. The standard InChI is InChI=1S/C21H23N3O3S/c1-14-4-6-17(7-5-14)8-9-19(25)22-21(28)24-23-20(26)13-27-18-11-15(2)10-16(3)12-18/h4-12H,13H2,1-3H3,(H,23,26)(H2,22,24,25,28)/b9-8+. The molecule has 0 saturated carbocycles. The number of thiocarbonyl (C=S) groups is 1. The molecule has 0 aliphatic heterocycles. The molecule has 0 atom stereocenters. The van der Waals surface area contributed by atoms with Gasteiger partial charge in [0.25, 0.3) is 5.91 Å². The summed E-state index contributed by atoms with van der Waals surface area (Å²) in [5.74, 6) is -0.213. The van der Waals surface area contributed by atoms with Crippen LogP contribution in [-0.4, -0.2) is 23.5 Å². The van der Waals surface area contributed by atoms with Crippen LogP contribution in [0.3, 0.4) is 0 Å². The summed E-state index contributed by atoms with van der Waals surface area (Å²) in [6.07, 6.45) is 3.04. The number of amides is 2. The van der Waals surface area contributed by atoms with Crippen LogP contribution < -0.4 is 20.9 Å². The number of ether oxygens (including phenoxy) is 1. The van der Waals surface area contributed by atoms with Crippen molar-refractivity contribution in [1.29, 1.82) is 0 Å². The van der Waals surface area contributed by atoms with Crippen LogP contribution in [0.25, 0.3) is 6.08 Å². The normalized spacial score (nSPS) is 10.4. The van der Waals surface area contributed by atoms with E-state index >= 15 is 0 Å². The molecule has 2 rings (SSSR count). The quantitative estimate of drug-likeness (QED) is 0.411. The van der Waals surface area contributed by atoms with Crippen molar-refractivity contribution < 1.29 is 14.3 Å². The lowest BCUT2D eigenvalue weighted by Gasteiger charge is -2.11. The molecule has 0 saturated heterocycles. The topological polar surface area (TPSA) is 79.5 Å². The highest BCUT2D eigenvalue weighted by Gasteiger charge is 2.06. The zero-order valence-corrected chi connectivity index (χ0v) is 16.9. The highest BCUT2D eigenvalue weighted by atomic mass is 32.1. The Hall–Kier alpha value is -3.19. The number of carbonyl (C=O) groups is 2. The number of aryl methyl sites for hydroxylation is 3. The summed E-state index contributed by atoms with van der Waals surface area (Å²) in [5.41, 5.74) is 8.98. The molecule has 3 N–H and O–H groups in total. The molecule has 0 heterocycles. The third-order valence-corrected chi connectivity index (χ3v) is 3.83. The first-order valence-corrected chi connectivity index (χ1v) is 9.08. The lowest BCUT2D eigenvalue weighted by atomic mass is 10.1. The molecular weight excluding hydrogens is 374 g/mol. The largest absolute Gasteiger partial charge is 0.484 e. The molecule has 28 heavy (non-hydrogen) atoms. The monoisotopic (exact) mass is 397 g/mol. The van der Waals surface area contributed by atoms with Gasteiger partial charge in [0.2, 0.25) is 5.91 Å². The van der Waals surface area contributed by atoms with Gasteiger partial charge in [0, 0.05) is 6.08 Å². The van der Waals surface area contributed by atoms with Gasteiger partial charge in [0.15, 0.2) is 11.7 Å². The molecule has 0 unspecified atom stereocenters. The number of hydrogen-bond acceptors (Lipinski definition) is 4. The van der Waals surface area contributed by atoms with Crippen molar-refractivity contribution >= 4 is 35.2 Å². The van der Waals surface area contributed by atoms with E-state index in [1.54, 1.807) is 6.08 Å². The maximum atomic E-state index is 11.9. The molecule has 0 spiro atoms. The van der Waals surface area contributed by atoms with Crippen LogP contribution in [0.4, 0.5) is 0 Å². The molecule has 2 amide bonds. The van der Waals surface area contributed by atoms with Gasteiger partial charge in [-0.15, -0.1) is 0 Å². The van der Waals surface area contributed by atoms with Gasteiger partial charge in [-0.25, -0.2) is 0 Å². The van der Waals surface area contributed by atoms with Crippen LogP contribution in [0, 0.1) is 20.8 Å². The van der Waals surface area contributed by atoms with Crippen LogP contribution in [-0.2, 0) is 9.59 Å². The number of rotatable bonds is 5.